The summed E-state index contributed by atoms with van der Waals surface area (Å²) < 4.78 is 5.05. The number of amides is 3. The van der Waals surface area contributed by atoms with E-state index in [-0.39, 0.29) is 24.3 Å². The zero-order valence-corrected chi connectivity index (χ0v) is 18.7. The Morgan fingerprint density at radius 2 is 1.91 bits per heavy atom. The van der Waals surface area contributed by atoms with Crippen molar-refractivity contribution in [2.75, 3.05) is 17.7 Å². The van der Waals surface area contributed by atoms with E-state index >= 15 is 0 Å². The molecule has 1 aliphatic rings. The van der Waals surface area contributed by atoms with Gasteiger partial charge in [-0.15, -0.1) is 0 Å². The van der Waals surface area contributed by atoms with Crippen LogP contribution >= 0.6 is 11.6 Å². The monoisotopic (exact) mass is 464 g/mol. The van der Waals surface area contributed by atoms with Crippen molar-refractivity contribution in [3.8, 4) is 5.75 Å². The Balaban J connectivity index is 1.49. The second kappa shape index (κ2) is 9.30. The van der Waals surface area contributed by atoms with Gasteiger partial charge in [0, 0.05) is 17.1 Å². The molecule has 33 heavy (non-hydrogen) atoms. The molecule has 0 radical (unpaired) electrons. The quantitative estimate of drug-likeness (QED) is 0.594. The molecule has 0 fully saturated rings. The number of halogens is 1. The Kier molecular flexibility index (Phi) is 6.28. The number of hydrogen-bond acceptors (Lipinski definition) is 5. The zero-order chi connectivity index (χ0) is 23.5. The molecule has 1 aromatic heterocycles. The van der Waals surface area contributed by atoms with Crippen molar-refractivity contribution in [3.05, 3.63) is 82.5 Å². The molecule has 2 aromatic carbocycles. The summed E-state index contributed by atoms with van der Waals surface area (Å²) in [4.78, 5) is 43.8. The summed E-state index contributed by atoms with van der Waals surface area (Å²) in [6.45, 7) is 1.88. The van der Waals surface area contributed by atoms with E-state index in [9.17, 15) is 14.4 Å². The predicted octanol–water partition coefficient (Wildman–Crippen LogP) is 3.98. The van der Waals surface area contributed by atoms with Gasteiger partial charge in [0.25, 0.3) is 11.8 Å². The van der Waals surface area contributed by atoms with E-state index in [1.165, 1.54) is 18.2 Å². The van der Waals surface area contributed by atoms with Crippen molar-refractivity contribution in [1.82, 2.24) is 9.88 Å². The van der Waals surface area contributed by atoms with Crippen LogP contribution in [0.1, 0.15) is 33.2 Å². The molecule has 8 nitrogen and oxygen atoms in total. The first-order valence-corrected chi connectivity index (χ1v) is 10.5. The van der Waals surface area contributed by atoms with E-state index in [2.05, 4.69) is 15.6 Å². The summed E-state index contributed by atoms with van der Waals surface area (Å²) in [6, 6.07) is 14.3. The number of nitrogens with zero attached hydrogens (tertiary/aromatic N) is 2. The summed E-state index contributed by atoms with van der Waals surface area (Å²) in [5.41, 5.74) is 1.98. The third-order valence-electron chi connectivity index (χ3n) is 5.36. The van der Waals surface area contributed by atoms with Crippen LogP contribution in [-0.4, -0.2) is 40.8 Å². The maximum atomic E-state index is 13.1. The smallest absolute Gasteiger partial charge is 0.256 e. The van der Waals surface area contributed by atoms with E-state index in [0.717, 1.165) is 5.56 Å². The largest absolute Gasteiger partial charge is 0.495 e. The van der Waals surface area contributed by atoms with Crippen molar-refractivity contribution in [2.45, 2.75) is 19.5 Å². The second-order valence-corrected chi connectivity index (χ2v) is 7.96. The van der Waals surface area contributed by atoms with Crippen LogP contribution in [0.5, 0.6) is 5.75 Å². The molecule has 0 saturated carbocycles. The molecule has 1 atom stereocenters. The Bertz CT molecular complexity index is 1210. The van der Waals surface area contributed by atoms with Gasteiger partial charge >= 0.3 is 0 Å². The number of carbonyl (C=O) groups is 3. The topological polar surface area (TPSA) is 101 Å². The van der Waals surface area contributed by atoms with Crippen LogP contribution in [0.3, 0.4) is 0 Å². The minimum atomic E-state index is -0.687. The molecule has 168 valence electrons. The van der Waals surface area contributed by atoms with Crippen LogP contribution in [0.4, 0.5) is 11.5 Å². The van der Waals surface area contributed by atoms with Gasteiger partial charge in [-0.1, -0.05) is 23.7 Å². The minimum Gasteiger partial charge on any atom is -0.495 e. The molecule has 0 aliphatic carbocycles. The third-order valence-corrected chi connectivity index (χ3v) is 5.60. The van der Waals surface area contributed by atoms with Gasteiger partial charge in [0.05, 0.1) is 24.6 Å². The van der Waals surface area contributed by atoms with E-state index in [1.54, 1.807) is 61.5 Å². The Hall–Kier alpha value is -3.91. The number of carbonyl (C=O) groups excluding carboxylic acids is 3. The number of anilines is 2. The van der Waals surface area contributed by atoms with Gasteiger partial charge in [0.15, 0.2) is 0 Å². The molecule has 0 unspecified atom stereocenters. The number of pyridine rings is 1. The van der Waals surface area contributed by atoms with E-state index in [4.69, 9.17) is 16.3 Å². The number of nitrogens with one attached hydrogen (secondary N) is 2. The van der Waals surface area contributed by atoms with Crippen LogP contribution < -0.4 is 15.4 Å². The highest BCUT2D eigenvalue weighted by atomic mass is 35.5. The van der Waals surface area contributed by atoms with E-state index in [1.807, 2.05) is 0 Å². The first-order valence-electron chi connectivity index (χ1n) is 10.2. The van der Waals surface area contributed by atoms with Gasteiger partial charge in [0.2, 0.25) is 5.91 Å². The molecule has 3 aromatic rings. The average molecular weight is 465 g/mol. The number of methoxy groups -OCH3 is 1. The molecule has 1 aliphatic heterocycles. The lowest BCUT2D eigenvalue weighted by Crippen LogP contribution is -2.42. The number of ether oxygens (including phenoxy) is 1. The van der Waals surface area contributed by atoms with E-state index < -0.39 is 6.04 Å². The fourth-order valence-electron chi connectivity index (χ4n) is 3.45. The SMILES string of the molecule is COc1ccc(NC(=O)c2ccc(CN3C(=O)c4ccc(Cl)cc4NC(=O)[C@H]3C)cc2)nc1. The summed E-state index contributed by atoms with van der Waals surface area (Å²) in [5, 5.41) is 5.91. The lowest BCUT2D eigenvalue weighted by Gasteiger charge is -2.26. The molecule has 0 spiro atoms. The Morgan fingerprint density at radius 1 is 1.15 bits per heavy atom. The Morgan fingerprint density at radius 3 is 2.58 bits per heavy atom. The van der Waals surface area contributed by atoms with Crippen molar-refractivity contribution in [1.29, 1.82) is 0 Å². The van der Waals surface area contributed by atoms with Crippen LogP contribution in [-0.2, 0) is 11.3 Å². The Labute approximate surface area is 195 Å². The van der Waals surface area contributed by atoms with Crippen molar-refractivity contribution in [3.63, 3.8) is 0 Å². The van der Waals surface area contributed by atoms with Gasteiger partial charge < -0.3 is 20.3 Å². The molecule has 0 bridgehead atoms. The molecule has 0 saturated heterocycles. The first kappa shape index (κ1) is 22.3. The maximum Gasteiger partial charge on any atom is 0.256 e. The van der Waals surface area contributed by atoms with Crippen LogP contribution in [0.25, 0.3) is 0 Å². The number of benzene rings is 2. The summed E-state index contributed by atoms with van der Waals surface area (Å²) in [7, 11) is 1.54. The average Bonchev–Trinajstić information content (AvgIpc) is 2.90. The number of hydrogen-bond donors (Lipinski definition) is 2. The zero-order valence-electron chi connectivity index (χ0n) is 18.0. The summed E-state index contributed by atoms with van der Waals surface area (Å²) >= 11 is 6.01. The molecular formula is C24H21ClN4O4. The van der Waals surface area contributed by atoms with Gasteiger partial charge in [-0.2, -0.15) is 0 Å². The number of aromatic nitrogens is 1. The van der Waals surface area contributed by atoms with Gasteiger partial charge in [-0.3, -0.25) is 14.4 Å². The summed E-state index contributed by atoms with van der Waals surface area (Å²) in [5.74, 6) is 0.101. The predicted molar refractivity (Wildman–Crippen MR) is 125 cm³/mol. The number of rotatable bonds is 5. The van der Waals surface area contributed by atoms with Crippen LogP contribution in [0, 0.1) is 0 Å². The lowest BCUT2D eigenvalue weighted by atomic mass is 10.1. The van der Waals surface area contributed by atoms with Crippen molar-refractivity contribution >= 4 is 40.8 Å². The molecule has 2 N–H and O–H groups in total. The second-order valence-electron chi connectivity index (χ2n) is 7.52. The highest BCUT2D eigenvalue weighted by molar-refractivity contribution is 6.31. The van der Waals surface area contributed by atoms with E-state index in [0.29, 0.717) is 33.4 Å². The molecule has 9 heteroatoms. The molecule has 3 amide bonds. The van der Waals surface area contributed by atoms with Gasteiger partial charge in [-0.05, 0) is 55.0 Å². The fourth-order valence-corrected chi connectivity index (χ4v) is 3.62. The molecule has 4 rings (SSSR count). The highest BCUT2D eigenvalue weighted by Crippen LogP contribution is 2.27. The third kappa shape index (κ3) is 4.80. The molecule has 2 heterocycles. The van der Waals surface area contributed by atoms with Crippen LogP contribution in [0.2, 0.25) is 5.02 Å². The van der Waals surface area contributed by atoms with Gasteiger partial charge in [0.1, 0.15) is 17.6 Å². The highest BCUT2D eigenvalue weighted by Gasteiger charge is 2.32. The minimum absolute atomic E-state index is 0.206. The normalized spacial score (nSPS) is 15.4. The lowest BCUT2D eigenvalue weighted by molar-refractivity contribution is -0.120. The fraction of sp³-hybridized carbons (Fsp3) is 0.167. The van der Waals surface area contributed by atoms with Crippen molar-refractivity contribution in [2.24, 2.45) is 0 Å². The number of fused-ring (bicyclic) bond motifs is 1. The standard InChI is InChI=1S/C24H21ClN4O4/c1-14-22(30)27-20-11-17(25)7-9-19(20)24(32)29(14)13-15-3-5-16(6-4-15)23(31)28-21-10-8-18(33-2)12-26-21/h3-12,14H,13H2,1-2H3,(H,27,30)(H,26,28,31)/t14-/m1/s1. The molecular weight excluding hydrogens is 444 g/mol. The maximum absolute atomic E-state index is 13.1. The van der Waals surface area contributed by atoms with Crippen molar-refractivity contribution < 1.29 is 19.1 Å². The van der Waals surface area contributed by atoms with Gasteiger partial charge in [-0.25, -0.2) is 4.98 Å². The summed E-state index contributed by atoms with van der Waals surface area (Å²) in [6.07, 6.45) is 1.51. The first-order chi connectivity index (χ1) is 15.9. The van der Waals surface area contributed by atoms with Crippen LogP contribution in [0.15, 0.2) is 60.8 Å².